The van der Waals surface area contributed by atoms with Crippen LogP contribution in [-0.4, -0.2) is 14.8 Å². The van der Waals surface area contributed by atoms with Crippen LogP contribution in [0.5, 0.6) is 11.8 Å². The van der Waals surface area contributed by atoms with Crippen molar-refractivity contribution in [2.45, 2.75) is 6.18 Å². The van der Waals surface area contributed by atoms with Gasteiger partial charge in [-0.25, -0.2) is 0 Å². The minimum absolute atomic E-state index is 0.0691. The topological polar surface area (TPSA) is 63.7 Å². The molecule has 0 radical (unpaired) electrons. The van der Waals surface area contributed by atoms with Gasteiger partial charge < -0.3 is 4.74 Å². The Morgan fingerprint density at radius 1 is 1.37 bits per heavy atom. The van der Waals surface area contributed by atoms with Gasteiger partial charge in [-0.2, -0.15) is 23.4 Å². The predicted molar refractivity (Wildman–Crippen MR) is 57.2 cm³/mol. The molecule has 0 fully saturated rings. The van der Waals surface area contributed by atoms with Crippen molar-refractivity contribution in [2.75, 3.05) is 0 Å². The van der Waals surface area contributed by atoms with Crippen molar-refractivity contribution in [3.8, 4) is 17.8 Å². The SMILES string of the molecule is Cn1cnc(Oc2ccc(C#N)c(C(F)(F)F)c2)n1. The molecule has 98 valence electrons. The summed E-state index contributed by atoms with van der Waals surface area (Å²) in [5, 5.41) is 12.4. The molecule has 2 aromatic rings. The maximum absolute atomic E-state index is 12.7. The molecule has 0 N–H and O–H groups in total. The summed E-state index contributed by atoms with van der Waals surface area (Å²) in [7, 11) is 1.60. The average Bonchev–Trinajstić information content (AvgIpc) is 2.73. The number of halogens is 3. The summed E-state index contributed by atoms with van der Waals surface area (Å²) in [4.78, 5) is 3.73. The average molecular weight is 268 g/mol. The highest BCUT2D eigenvalue weighted by Crippen LogP contribution is 2.34. The maximum atomic E-state index is 12.7. The first-order valence-corrected chi connectivity index (χ1v) is 5.05. The zero-order valence-electron chi connectivity index (χ0n) is 9.64. The summed E-state index contributed by atoms with van der Waals surface area (Å²) in [6, 6.07) is 4.46. The fraction of sp³-hybridized carbons (Fsp3) is 0.182. The minimum atomic E-state index is -4.62. The van der Waals surface area contributed by atoms with Gasteiger partial charge in [-0.15, -0.1) is 5.10 Å². The van der Waals surface area contributed by atoms with Gasteiger partial charge >= 0.3 is 12.2 Å². The van der Waals surface area contributed by atoms with Crippen molar-refractivity contribution in [3.05, 3.63) is 35.7 Å². The summed E-state index contributed by atoms with van der Waals surface area (Å²) >= 11 is 0. The van der Waals surface area contributed by atoms with E-state index in [4.69, 9.17) is 10.00 Å². The van der Waals surface area contributed by atoms with Gasteiger partial charge in [-0.05, 0) is 18.2 Å². The number of alkyl halides is 3. The first-order valence-electron chi connectivity index (χ1n) is 5.05. The summed E-state index contributed by atoms with van der Waals surface area (Å²) in [5.74, 6) is -0.0856. The van der Waals surface area contributed by atoms with E-state index in [9.17, 15) is 13.2 Å². The van der Waals surface area contributed by atoms with E-state index in [0.29, 0.717) is 0 Å². The number of ether oxygens (including phenoxy) is 1. The van der Waals surface area contributed by atoms with Crippen molar-refractivity contribution in [3.63, 3.8) is 0 Å². The lowest BCUT2D eigenvalue weighted by Gasteiger charge is -2.10. The Hall–Kier alpha value is -2.56. The second kappa shape index (κ2) is 4.61. The monoisotopic (exact) mass is 268 g/mol. The van der Waals surface area contributed by atoms with Crippen LogP contribution in [0.3, 0.4) is 0 Å². The van der Waals surface area contributed by atoms with Gasteiger partial charge in [-0.1, -0.05) is 0 Å². The van der Waals surface area contributed by atoms with Gasteiger partial charge in [0.15, 0.2) is 0 Å². The van der Waals surface area contributed by atoms with Crippen LogP contribution in [0.25, 0.3) is 0 Å². The van der Waals surface area contributed by atoms with Gasteiger partial charge in [0.1, 0.15) is 12.1 Å². The Kier molecular flexibility index (Phi) is 3.12. The number of aryl methyl sites for hydroxylation is 1. The number of nitriles is 1. The minimum Gasteiger partial charge on any atom is -0.423 e. The van der Waals surface area contributed by atoms with Gasteiger partial charge in [0, 0.05) is 7.05 Å². The van der Waals surface area contributed by atoms with Gasteiger partial charge in [0.25, 0.3) is 0 Å². The van der Waals surface area contributed by atoms with Crippen LogP contribution in [0.4, 0.5) is 13.2 Å². The smallest absolute Gasteiger partial charge is 0.417 e. The highest BCUT2D eigenvalue weighted by molar-refractivity contribution is 5.44. The summed E-state index contributed by atoms with van der Waals surface area (Å²) in [6.07, 6.45) is -3.27. The third-order valence-corrected chi connectivity index (χ3v) is 2.20. The highest BCUT2D eigenvalue weighted by atomic mass is 19.4. The van der Waals surface area contributed by atoms with Crippen molar-refractivity contribution in [1.82, 2.24) is 14.8 Å². The molecule has 0 saturated heterocycles. The van der Waals surface area contributed by atoms with Crippen LogP contribution in [0, 0.1) is 11.3 Å². The number of hydrogen-bond acceptors (Lipinski definition) is 4. The van der Waals surface area contributed by atoms with Gasteiger partial charge in [-0.3, -0.25) is 4.68 Å². The van der Waals surface area contributed by atoms with Crippen molar-refractivity contribution in [2.24, 2.45) is 7.05 Å². The zero-order chi connectivity index (χ0) is 14.0. The molecule has 5 nitrogen and oxygen atoms in total. The van der Waals surface area contributed by atoms with Crippen molar-refractivity contribution in [1.29, 1.82) is 5.26 Å². The number of rotatable bonds is 2. The standard InChI is InChI=1S/C11H7F3N4O/c1-18-6-16-10(17-18)19-8-3-2-7(5-15)9(4-8)11(12,13)14/h2-4,6H,1H3. The molecular weight excluding hydrogens is 261 g/mol. The molecular formula is C11H7F3N4O. The van der Waals surface area contributed by atoms with Crippen molar-refractivity contribution < 1.29 is 17.9 Å². The number of hydrogen-bond donors (Lipinski definition) is 0. The Morgan fingerprint density at radius 3 is 2.63 bits per heavy atom. The molecule has 0 spiro atoms. The lowest BCUT2D eigenvalue weighted by Crippen LogP contribution is -2.08. The Balaban J connectivity index is 2.36. The normalized spacial score (nSPS) is 11.1. The molecule has 0 amide bonds. The summed E-state index contributed by atoms with van der Waals surface area (Å²) < 4.78 is 44.6. The molecule has 0 unspecified atom stereocenters. The molecule has 0 aliphatic carbocycles. The van der Waals surface area contributed by atoms with Crippen LogP contribution in [0.1, 0.15) is 11.1 Å². The summed E-state index contributed by atoms with van der Waals surface area (Å²) in [6.45, 7) is 0. The van der Waals surface area contributed by atoms with E-state index in [1.807, 2.05) is 0 Å². The molecule has 1 heterocycles. The molecule has 0 atom stereocenters. The van der Waals surface area contributed by atoms with Crippen molar-refractivity contribution >= 4 is 0 Å². The first-order chi connectivity index (χ1) is 8.90. The van der Waals surface area contributed by atoms with E-state index in [-0.39, 0.29) is 11.8 Å². The maximum Gasteiger partial charge on any atom is 0.417 e. The number of benzene rings is 1. The van der Waals surface area contributed by atoms with E-state index in [0.717, 1.165) is 12.1 Å². The highest BCUT2D eigenvalue weighted by Gasteiger charge is 2.34. The molecule has 19 heavy (non-hydrogen) atoms. The van der Waals surface area contributed by atoms with E-state index in [1.165, 1.54) is 23.1 Å². The van der Waals surface area contributed by atoms with Crippen LogP contribution in [0.2, 0.25) is 0 Å². The Labute approximate surface area is 105 Å². The lowest BCUT2D eigenvalue weighted by molar-refractivity contribution is -0.137. The van der Waals surface area contributed by atoms with Crippen LogP contribution < -0.4 is 4.74 Å². The second-order valence-corrected chi connectivity index (χ2v) is 3.62. The predicted octanol–water partition coefficient (Wildman–Crippen LogP) is 2.50. The molecule has 1 aromatic heterocycles. The fourth-order valence-corrected chi connectivity index (χ4v) is 1.39. The molecule has 0 aliphatic rings. The molecule has 2 rings (SSSR count). The molecule has 0 saturated carbocycles. The summed E-state index contributed by atoms with van der Waals surface area (Å²) in [5.41, 5.74) is -1.52. The number of nitrogens with zero attached hydrogens (tertiary/aromatic N) is 4. The van der Waals surface area contributed by atoms with E-state index in [1.54, 1.807) is 7.05 Å². The first kappa shape index (κ1) is 12.9. The molecule has 0 aliphatic heterocycles. The molecule has 0 bridgehead atoms. The quantitative estimate of drug-likeness (QED) is 0.839. The van der Waals surface area contributed by atoms with Gasteiger partial charge in [0.05, 0.1) is 17.2 Å². The van der Waals surface area contributed by atoms with E-state index >= 15 is 0 Å². The number of aromatic nitrogens is 3. The Bertz CT molecular complexity index is 642. The van der Waals surface area contributed by atoms with E-state index in [2.05, 4.69) is 10.1 Å². The molecule has 1 aromatic carbocycles. The Morgan fingerprint density at radius 2 is 2.11 bits per heavy atom. The van der Waals surface area contributed by atoms with Gasteiger partial charge in [0.2, 0.25) is 0 Å². The third kappa shape index (κ3) is 2.82. The molecule has 8 heteroatoms. The lowest BCUT2D eigenvalue weighted by atomic mass is 10.1. The second-order valence-electron chi connectivity index (χ2n) is 3.62. The zero-order valence-corrected chi connectivity index (χ0v) is 9.64. The largest absolute Gasteiger partial charge is 0.423 e. The van der Waals surface area contributed by atoms with Crippen LogP contribution in [-0.2, 0) is 13.2 Å². The van der Waals surface area contributed by atoms with Crippen LogP contribution >= 0.6 is 0 Å². The van der Waals surface area contributed by atoms with Crippen LogP contribution in [0.15, 0.2) is 24.5 Å². The fourth-order valence-electron chi connectivity index (χ4n) is 1.39. The third-order valence-electron chi connectivity index (χ3n) is 2.20. The van der Waals surface area contributed by atoms with E-state index < -0.39 is 17.3 Å².